The zero-order chi connectivity index (χ0) is 18.7. The maximum absolute atomic E-state index is 13.9. The van der Waals surface area contributed by atoms with Gasteiger partial charge in [-0.2, -0.15) is 8.78 Å². The third kappa shape index (κ3) is 4.05. The van der Waals surface area contributed by atoms with Crippen molar-refractivity contribution < 1.29 is 23.0 Å². The molecule has 0 amide bonds. The number of anilines is 1. The number of aliphatic hydroxyl groups excluding tert-OH is 1. The zero-order valence-corrected chi connectivity index (χ0v) is 13.9. The van der Waals surface area contributed by atoms with Crippen molar-refractivity contribution in [2.75, 3.05) is 11.9 Å². The van der Waals surface area contributed by atoms with E-state index in [1.165, 1.54) is 30.3 Å². The van der Waals surface area contributed by atoms with Crippen LogP contribution in [0.25, 0.3) is 10.9 Å². The van der Waals surface area contributed by atoms with E-state index in [-0.39, 0.29) is 17.8 Å². The summed E-state index contributed by atoms with van der Waals surface area (Å²) in [6, 6.07) is 12.2. The minimum absolute atomic E-state index is 0.0233. The maximum Gasteiger partial charge on any atom is 0.387 e. The van der Waals surface area contributed by atoms with Gasteiger partial charge in [0.1, 0.15) is 17.1 Å². The van der Waals surface area contributed by atoms with Crippen LogP contribution in [-0.4, -0.2) is 23.2 Å². The van der Waals surface area contributed by atoms with Gasteiger partial charge in [-0.05, 0) is 36.8 Å². The lowest BCUT2D eigenvalue weighted by atomic mass is 10.1. The predicted molar refractivity (Wildman–Crippen MR) is 93.0 cm³/mol. The summed E-state index contributed by atoms with van der Waals surface area (Å²) in [5, 5.41) is 14.0. The molecule has 1 atom stereocenters. The van der Waals surface area contributed by atoms with Crippen molar-refractivity contribution in [1.82, 2.24) is 4.98 Å². The Balaban J connectivity index is 1.74. The van der Waals surface area contributed by atoms with Gasteiger partial charge in [0.25, 0.3) is 0 Å². The molecular formula is C19H17F3N2O2. The van der Waals surface area contributed by atoms with E-state index >= 15 is 0 Å². The van der Waals surface area contributed by atoms with Crippen molar-refractivity contribution in [3.63, 3.8) is 0 Å². The molecule has 2 aromatic carbocycles. The van der Waals surface area contributed by atoms with E-state index in [4.69, 9.17) is 0 Å². The van der Waals surface area contributed by atoms with Crippen LogP contribution >= 0.6 is 0 Å². The molecule has 1 heterocycles. The van der Waals surface area contributed by atoms with Crippen molar-refractivity contribution in [2.45, 2.75) is 19.6 Å². The highest BCUT2D eigenvalue weighted by Gasteiger charge is 2.12. The number of hydrogen-bond acceptors (Lipinski definition) is 4. The number of benzene rings is 2. The summed E-state index contributed by atoms with van der Waals surface area (Å²) in [4.78, 5) is 4.20. The quantitative estimate of drug-likeness (QED) is 0.681. The molecule has 0 fully saturated rings. The maximum atomic E-state index is 13.9. The molecule has 0 saturated carbocycles. The van der Waals surface area contributed by atoms with Gasteiger partial charge in [-0.15, -0.1) is 0 Å². The van der Waals surface area contributed by atoms with Crippen LogP contribution in [0.15, 0.2) is 48.5 Å². The summed E-state index contributed by atoms with van der Waals surface area (Å²) in [5.74, 6) is -0.389. The number of alkyl halides is 2. The number of para-hydroxylation sites is 1. The molecule has 0 aliphatic rings. The van der Waals surface area contributed by atoms with Crippen LogP contribution in [0.2, 0.25) is 0 Å². The summed E-state index contributed by atoms with van der Waals surface area (Å²) >= 11 is 0. The van der Waals surface area contributed by atoms with E-state index in [2.05, 4.69) is 15.0 Å². The summed E-state index contributed by atoms with van der Waals surface area (Å²) in [6.07, 6.45) is -0.882. The standard InChI is InChI=1S/C19H17F3N2O2/c1-11-9-16(14-3-2-4-15(20)18(14)24-11)23-10-17(25)12-5-7-13(8-6-12)26-19(21)22/h2-9,17,19,25H,10H2,1H3,(H,23,24). The first-order valence-corrected chi connectivity index (χ1v) is 7.96. The molecule has 136 valence electrons. The number of hydrogen-bond donors (Lipinski definition) is 2. The number of aryl methyl sites for hydroxylation is 1. The van der Waals surface area contributed by atoms with E-state index in [0.29, 0.717) is 22.3 Å². The number of rotatable bonds is 6. The zero-order valence-electron chi connectivity index (χ0n) is 13.9. The highest BCUT2D eigenvalue weighted by atomic mass is 19.3. The van der Waals surface area contributed by atoms with Crippen molar-refractivity contribution >= 4 is 16.6 Å². The minimum atomic E-state index is -2.89. The summed E-state index contributed by atoms with van der Waals surface area (Å²) in [6.45, 7) is -0.977. The fourth-order valence-electron chi connectivity index (χ4n) is 2.68. The molecule has 0 aliphatic carbocycles. The second-order valence-electron chi connectivity index (χ2n) is 5.79. The third-order valence-corrected chi connectivity index (χ3v) is 3.89. The van der Waals surface area contributed by atoms with E-state index < -0.39 is 18.5 Å². The molecule has 0 bridgehead atoms. The second-order valence-corrected chi connectivity index (χ2v) is 5.79. The number of halogens is 3. The normalized spacial score (nSPS) is 12.4. The first-order chi connectivity index (χ1) is 12.4. The Hall–Kier alpha value is -2.80. The molecule has 3 rings (SSSR count). The Morgan fingerprint density at radius 1 is 1.15 bits per heavy atom. The predicted octanol–water partition coefficient (Wildman–Crippen LogP) is 4.43. The molecule has 26 heavy (non-hydrogen) atoms. The minimum Gasteiger partial charge on any atom is -0.435 e. The summed E-state index contributed by atoms with van der Waals surface area (Å²) in [7, 11) is 0. The van der Waals surface area contributed by atoms with Crippen LogP contribution in [0.5, 0.6) is 5.75 Å². The van der Waals surface area contributed by atoms with E-state index in [1.807, 2.05) is 0 Å². The monoisotopic (exact) mass is 362 g/mol. The van der Waals surface area contributed by atoms with Gasteiger partial charge in [0.15, 0.2) is 0 Å². The molecule has 0 spiro atoms. The van der Waals surface area contributed by atoms with Crippen LogP contribution in [0.3, 0.4) is 0 Å². The van der Waals surface area contributed by atoms with Crippen LogP contribution in [0.1, 0.15) is 17.4 Å². The Morgan fingerprint density at radius 2 is 1.88 bits per heavy atom. The van der Waals surface area contributed by atoms with Gasteiger partial charge in [-0.25, -0.2) is 9.37 Å². The lowest BCUT2D eigenvalue weighted by Crippen LogP contribution is -2.13. The molecule has 4 nitrogen and oxygen atoms in total. The average Bonchev–Trinajstić information content (AvgIpc) is 2.60. The number of ether oxygens (including phenoxy) is 1. The second kappa shape index (κ2) is 7.61. The number of pyridine rings is 1. The van der Waals surface area contributed by atoms with Gasteiger partial charge in [0.05, 0.1) is 6.10 Å². The Labute approximate surface area is 148 Å². The summed E-state index contributed by atoms with van der Waals surface area (Å²) < 4.78 is 42.5. The highest BCUT2D eigenvalue weighted by molar-refractivity contribution is 5.91. The van der Waals surface area contributed by atoms with Gasteiger partial charge in [-0.3, -0.25) is 0 Å². The van der Waals surface area contributed by atoms with E-state index in [9.17, 15) is 18.3 Å². The molecule has 1 unspecified atom stereocenters. The fraction of sp³-hybridized carbons (Fsp3) is 0.211. The number of nitrogens with zero attached hydrogens (tertiary/aromatic N) is 1. The lowest BCUT2D eigenvalue weighted by molar-refractivity contribution is -0.0498. The van der Waals surface area contributed by atoms with E-state index in [1.54, 1.807) is 25.1 Å². The lowest BCUT2D eigenvalue weighted by Gasteiger charge is -2.16. The number of aromatic nitrogens is 1. The van der Waals surface area contributed by atoms with Crippen molar-refractivity contribution in [1.29, 1.82) is 0 Å². The van der Waals surface area contributed by atoms with Crippen LogP contribution in [-0.2, 0) is 0 Å². The van der Waals surface area contributed by atoms with Gasteiger partial charge in [0, 0.05) is 23.3 Å². The molecule has 2 N–H and O–H groups in total. The van der Waals surface area contributed by atoms with Gasteiger partial charge in [0.2, 0.25) is 0 Å². The largest absolute Gasteiger partial charge is 0.435 e. The first-order valence-electron chi connectivity index (χ1n) is 7.96. The number of aliphatic hydroxyl groups is 1. The van der Waals surface area contributed by atoms with Crippen LogP contribution in [0.4, 0.5) is 18.9 Å². The molecule has 1 aromatic heterocycles. The number of fused-ring (bicyclic) bond motifs is 1. The molecular weight excluding hydrogens is 345 g/mol. The number of nitrogens with one attached hydrogen (secondary N) is 1. The van der Waals surface area contributed by atoms with E-state index in [0.717, 1.165) is 0 Å². The van der Waals surface area contributed by atoms with Gasteiger partial charge in [-0.1, -0.05) is 24.3 Å². The summed E-state index contributed by atoms with van der Waals surface area (Å²) in [5.41, 5.74) is 2.11. The molecule has 0 aliphatic heterocycles. The molecule has 3 aromatic rings. The average molecular weight is 362 g/mol. The highest BCUT2D eigenvalue weighted by Crippen LogP contribution is 2.26. The third-order valence-electron chi connectivity index (χ3n) is 3.89. The van der Waals surface area contributed by atoms with Gasteiger partial charge < -0.3 is 15.2 Å². The van der Waals surface area contributed by atoms with Crippen LogP contribution < -0.4 is 10.1 Å². The van der Waals surface area contributed by atoms with Gasteiger partial charge >= 0.3 is 6.61 Å². The smallest absolute Gasteiger partial charge is 0.387 e. The molecule has 7 heteroatoms. The Bertz CT molecular complexity index is 901. The molecule has 0 radical (unpaired) electrons. The molecule has 0 saturated heterocycles. The van der Waals surface area contributed by atoms with Crippen molar-refractivity contribution in [2.24, 2.45) is 0 Å². The Kier molecular flexibility index (Phi) is 5.27. The topological polar surface area (TPSA) is 54.4 Å². The van der Waals surface area contributed by atoms with Crippen LogP contribution in [0, 0.1) is 12.7 Å². The van der Waals surface area contributed by atoms with Crippen molar-refractivity contribution in [3.8, 4) is 5.75 Å². The first kappa shape index (κ1) is 18.0. The Morgan fingerprint density at radius 3 is 2.58 bits per heavy atom. The van der Waals surface area contributed by atoms with Crippen molar-refractivity contribution in [3.05, 3.63) is 65.6 Å². The fourth-order valence-corrected chi connectivity index (χ4v) is 2.68. The SMILES string of the molecule is Cc1cc(NCC(O)c2ccc(OC(F)F)cc2)c2cccc(F)c2n1.